The van der Waals surface area contributed by atoms with E-state index in [4.69, 9.17) is 4.74 Å². The van der Waals surface area contributed by atoms with Crippen LogP contribution in [0.15, 0.2) is 35.5 Å². The molecule has 2 aromatic heterocycles. The molecule has 28 heavy (non-hydrogen) atoms. The van der Waals surface area contributed by atoms with Gasteiger partial charge in [-0.2, -0.15) is 4.98 Å². The summed E-state index contributed by atoms with van der Waals surface area (Å²) in [5, 5.41) is 10.3. The van der Waals surface area contributed by atoms with E-state index in [1.54, 1.807) is 30.3 Å². The summed E-state index contributed by atoms with van der Waals surface area (Å²) in [5.41, 5.74) is 1.02. The lowest BCUT2D eigenvalue weighted by molar-refractivity contribution is 0.0509. The zero-order valence-electron chi connectivity index (χ0n) is 15.3. The monoisotopic (exact) mass is 406 g/mol. The van der Waals surface area contributed by atoms with E-state index in [-0.39, 0.29) is 23.9 Å². The van der Waals surface area contributed by atoms with Crippen LogP contribution < -0.4 is 4.74 Å². The van der Waals surface area contributed by atoms with Crippen LogP contribution in [0.4, 0.5) is 8.78 Å². The minimum atomic E-state index is -2.75. The number of ether oxygens (including phenoxy) is 1. The van der Waals surface area contributed by atoms with Crippen molar-refractivity contribution in [2.45, 2.75) is 49.5 Å². The average molecular weight is 406 g/mol. The third-order valence-electron chi connectivity index (χ3n) is 4.75. The molecule has 0 bridgehead atoms. The average Bonchev–Trinajstić information content (AvgIpc) is 3.07. The highest BCUT2D eigenvalue weighted by Gasteiger charge is 2.24. The fraction of sp³-hybridized carbons (Fsp3) is 0.421. The smallest absolute Gasteiger partial charge is 0.296 e. The van der Waals surface area contributed by atoms with Crippen molar-refractivity contribution in [1.29, 1.82) is 0 Å². The van der Waals surface area contributed by atoms with Crippen LogP contribution in [0, 0.1) is 0 Å². The fourth-order valence-electron chi connectivity index (χ4n) is 3.49. The standard InChI is InChI=1S/C19H20F2N4O2S/c1-28-19-23-15(10-16(24-19)27-12-6-4-5-11(26)9-12)25-14-8-3-2-7-13(14)22-18(25)17(20)21/h2-3,7-8,10-12,17,26H,4-6,9H2,1H3/t11-,12-/m0/s1. The largest absolute Gasteiger partial charge is 0.474 e. The van der Waals surface area contributed by atoms with Crippen molar-refractivity contribution in [1.82, 2.24) is 19.5 Å². The highest BCUT2D eigenvalue weighted by atomic mass is 32.2. The molecule has 148 valence electrons. The van der Waals surface area contributed by atoms with Crippen molar-refractivity contribution in [2.24, 2.45) is 0 Å². The normalized spacial score (nSPS) is 20.0. The highest BCUT2D eigenvalue weighted by Crippen LogP contribution is 2.30. The number of nitrogens with zero attached hydrogens (tertiary/aromatic N) is 4. The first kappa shape index (κ1) is 19.1. The molecule has 0 radical (unpaired) electrons. The molecule has 0 amide bonds. The maximum absolute atomic E-state index is 13.7. The first-order valence-electron chi connectivity index (χ1n) is 9.09. The Labute approximate surface area is 165 Å². The molecule has 0 saturated heterocycles. The molecule has 2 atom stereocenters. The molecule has 6 nitrogen and oxygen atoms in total. The van der Waals surface area contributed by atoms with Crippen LogP contribution in [0.1, 0.15) is 37.9 Å². The number of hydrogen-bond donors (Lipinski definition) is 1. The Morgan fingerprint density at radius 1 is 1.21 bits per heavy atom. The second kappa shape index (κ2) is 8.00. The summed E-state index contributed by atoms with van der Waals surface area (Å²) >= 11 is 1.30. The van der Waals surface area contributed by atoms with Crippen molar-refractivity contribution < 1.29 is 18.6 Å². The molecule has 4 rings (SSSR count). The molecule has 0 unspecified atom stereocenters. The molecule has 1 saturated carbocycles. The van der Waals surface area contributed by atoms with Gasteiger partial charge < -0.3 is 9.84 Å². The van der Waals surface area contributed by atoms with Gasteiger partial charge in [-0.05, 0) is 37.7 Å². The second-order valence-electron chi connectivity index (χ2n) is 6.71. The van der Waals surface area contributed by atoms with E-state index in [2.05, 4.69) is 15.0 Å². The molecule has 1 fully saturated rings. The minimum absolute atomic E-state index is 0.157. The number of halogens is 2. The van der Waals surface area contributed by atoms with Crippen molar-refractivity contribution in [2.75, 3.05) is 6.26 Å². The number of thioether (sulfide) groups is 1. The predicted molar refractivity (Wildman–Crippen MR) is 102 cm³/mol. The van der Waals surface area contributed by atoms with Crippen LogP contribution >= 0.6 is 11.8 Å². The third-order valence-corrected chi connectivity index (χ3v) is 5.30. The van der Waals surface area contributed by atoms with Crippen LogP contribution in [-0.2, 0) is 0 Å². The van der Waals surface area contributed by atoms with Crippen LogP contribution in [0.2, 0.25) is 0 Å². The van der Waals surface area contributed by atoms with Crippen LogP contribution in [0.25, 0.3) is 16.9 Å². The first-order valence-corrected chi connectivity index (χ1v) is 10.3. The van der Waals surface area contributed by atoms with Gasteiger partial charge >= 0.3 is 0 Å². The van der Waals surface area contributed by atoms with Gasteiger partial charge in [-0.3, -0.25) is 4.57 Å². The van der Waals surface area contributed by atoms with Crippen LogP contribution in [0.5, 0.6) is 5.88 Å². The van der Waals surface area contributed by atoms with Crippen LogP contribution in [0.3, 0.4) is 0 Å². The number of hydrogen-bond acceptors (Lipinski definition) is 6. The number of imidazole rings is 1. The summed E-state index contributed by atoms with van der Waals surface area (Å²) in [7, 11) is 0. The summed E-state index contributed by atoms with van der Waals surface area (Å²) < 4.78 is 34.6. The van der Waals surface area contributed by atoms with Gasteiger partial charge in [-0.1, -0.05) is 23.9 Å². The summed E-state index contributed by atoms with van der Waals surface area (Å²) in [6.07, 6.45) is 1.51. The molecular formula is C19H20F2N4O2S. The Hall–Kier alpha value is -2.26. The lowest BCUT2D eigenvalue weighted by atomic mass is 9.95. The molecule has 1 aromatic carbocycles. The molecule has 1 aliphatic rings. The van der Waals surface area contributed by atoms with Crippen molar-refractivity contribution in [3.63, 3.8) is 0 Å². The Balaban J connectivity index is 1.78. The quantitative estimate of drug-likeness (QED) is 0.507. The van der Waals surface area contributed by atoms with E-state index in [1.807, 2.05) is 6.26 Å². The van der Waals surface area contributed by atoms with Crippen molar-refractivity contribution >= 4 is 22.8 Å². The molecule has 9 heteroatoms. The van der Waals surface area contributed by atoms with E-state index in [1.165, 1.54) is 16.3 Å². The van der Waals surface area contributed by atoms with Gasteiger partial charge in [0.1, 0.15) is 11.9 Å². The molecule has 3 aromatic rings. The Morgan fingerprint density at radius 2 is 2.04 bits per heavy atom. The van der Waals surface area contributed by atoms with Crippen LogP contribution in [-0.4, -0.2) is 43.1 Å². The Kier molecular flexibility index (Phi) is 5.45. The maximum Gasteiger partial charge on any atom is 0.296 e. The van der Waals surface area contributed by atoms with Crippen molar-refractivity contribution in [3.05, 3.63) is 36.2 Å². The lowest BCUT2D eigenvalue weighted by Crippen LogP contribution is -2.28. The Bertz CT molecular complexity index is 982. The zero-order valence-corrected chi connectivity index (χ0v) is 16.1. The number of benzene rings is 1. The summed E-state index contributed by atoms with van der Waals surface area (Å²) in [5.74, 6) is 0.229. The summed E-state index contributed by atoms with van der Waals surface area (Å²) in [4.78, 5) is 12.8. The highest BCUT2D eigenvalue weighted by molar-refractivity contribution is 7.98. The van der Waals surface area contributed by atoms with Gasteiger partial charge in [-0.15, -0.1) is 0 Å². The SMILES string of the molecule is CSc1nc(O[C@H]2CCC[C@H](O)C2)cc(-n2c(C(F)F)nc3ccccc32)n1. The zero-order chi connectivity index (χ0) is 19.7. The van der Waals surface area contributed by atoms with Gasteiger partial charge in [0.2, 0.25) is 5.88 Å². The number of aromatic nitrogens is 4. The molecule has 1 N–H and O–H groups in total. The van der Waals surface area contributed by atoms with Gasteiger partial charge in [0, 0.05) is 12.5 Å². The van der Waals surface area contributed by atoms with E-state index >= 15 is 0 Å². The maximum atomic E-state index is 13.7. The van der Waals surface area contributed by atoms with Gasteiger partial charge in [-0.25, -0.2) is 18.7 Å². The molecule has 2 heterocycles. The third kappa shape index (κ3) is 3.81. The van der Waals surface area contributed by atoms with E-state index in [0.29, 0.717) is 28.5 Å². The molecule has 0 aliphatic heterocycles. The number of fused-ring (bicyclic) bond motifs is 1. The number of aliphatic hydroxyl groups is 1. The van der Waals surface area contributed by atoms with Gasteiger partial charge in [0.15, 0.2) is 11.0 Å². The summed E-state index contributed by atoms with van der Waals surface area (Å²) in [6, 6.07) is 8.50. The van der Waals surface area contributed by atoms with E-state index in [0.717, 1.165) is 19.3 Å². The van der Waals surface area contributed by atoms with E-state index in [9.17, 15) is 13.9 Å². The van der Waals surface area contributed by atoms with Crippen molar-refractivity contribution in [3.8, 4) is 11.7 Å². The molecule has 1 aliphatic carbocycles. The van der Waals surface area contributed by atoms with E-state index < -0.39 is 6.43 Å². The molecular weight excluding hydrogens is 386 g/mol. The number of aliphatic hydroxyl groups excluding tert-OH is 1. The number of para-hydroxylation sites is 2. The molecule has 0 spiro atoms. The number of alkyl halides is 2. The minimum Gasteiger partial charge on any atom is -0.474 e. The van der Waals surface area contributed by atoms with Gasteiger partial charge in [0.25, 0.3) is 6.43 Å². The Morgan fingerprint density at radius 3 is 2.79 bits per heavy atom. The van der Waals surface area contributed by atoms with Gasteiger partial charge in [0.05, 0.1) is 17.1 Å². The lowest BCUT2D eigenvalue weighted by Gasteiger charge is -2.26. The summed E-state index contributed by atoms with van der Waals surface area (Å²) in [6.45, 7) is 0. The fourth-order valence-corrected chi connectivity index (χ4v) is 3.85. The second-order valence-corrected chi connectivity index (χ2v) is 7.48. The number of rotatable bonds is 5. The first-order chi connectivity index (χ1) is 13.5. The predicted octanol–water partition coefficient (Wildman–Crippen LogP) is 4.16. The topological polar surface area (TPSA) is 73.1 Å².